The van der Waals surface area contributed by atoms with Crippen LogP contribution < -0.4 is 4.74 Å². The second kappa shape index (κ2) is 6.21. The molecule has 0 saturated carbocycles. The van der Waals surface area contributed by atoms with Gasteiger partial charge in [0.1, 0.15) is 11.5 Å². The minimum Gasteiger partial charge on any atom is -0.457 e. The number of para-hydroxylation sites is 1. The summed E-state index contributed by atoms with van der Waals surface area (Å²) in [6.45, 7) is 0. The van der Waals surface area contributed by atoms with E-state index in [9.17, 15) is 0 Å². The highest BCUT2D eigenvalue weighted by Crippen LogP contribution is 2.32. The van der Waals surface area contributed by atoms with Crippen LogP contribution in [-0.2, 0) is 0 Å². The first-order chi connectivity index (χ1) is 10.2. The third-order valence-electron chi connectivity index (χ3n) is 3.08. The van der Waals surface area contributed by atoms with E-state index in [1.54, 1.807) is 6.07 Å². The maximum Gasteiger partial charge on any atom is 0.127 e. The highest BCUT2D eigenvalue weighted by Gasteiger charge is 2.05. The Morgan fingerprint density at radius 2 is 1.33 bits per heavy atom. The van der Waals surface area contributed by atoms with E-state index in [1.165, 1.54) is 0 Å². The molecule has 0 heterocycles. The monoisotopic (exact) mass is 314 g/mol. The van der Waals surface area contributed by atoms with E-state index in [1.807, 2.05) is 66.7 Å². The van der Waals surface area contributed by atoms with Crippen molar-refractivity contribution in [1.29, 1.82) is 0 Å². The Labute approximate surface area is 133 Å². The topological polar surface area (TPSA) is 9.23 Å². The molecule has 3 aromatic rings. The third kappa shape index (κ3) is 3.38. The van der Waals surface area contributed by atoms with Crippen molar-refractivity contribution < 1.29 is 4.74 Å². The molecule has 104 valence electrons. The molecule has 1 nitrogen and oxygen atoms in total. The predicted octanol–water partition coefficient (Wildman–Crippen LogP) is 6.45. The summed E-state index contributed by atoms with van der Waals surface area (Å²) in [6, 6.07) is 23.0. The van der Waals surface area contributed by atoms with E-state index in [0.717, 1.165) is 22.6 Å². The summed E-state index contributed by atoms with van der Waals surface area (Å²) in [5.74, 6) is 1.60. The van der Waals surface area contributed by atoms with Crippen LogP contribution in [0, 0.1) is 0 Å². The van der Waals surface area contributed by atoms with Crippen LogP contribution in [0.2, 0.25) is 10.0 Å². The van der Waals surface area contributed by atoms with Crippen LogP contribution in [0.25, 0.3) is 11.1 Å². The smallest absolute Gasteiger partial charge is 0.127 e. The van der Waals surface area contributed by atoms with Crippen LogP contribution in [0.1, 0.15) is 0 Å². The lowest BCUT2D eigenvalue weighted by molar-refractivity contribution is 0.483. The van der Waals surface area contributed by atoms with Gasteiger partial charge in [-0.25, -0.2) is 0 Å². The van der Waals surface area contributed by atoms with Gasteiger partial charge in [-0.2, -0.15) is 0 Å². The lowest BCUT2D eigenvalue weighted by Crippen LogP contribution is -1.84. The van der Waals surface area contributed by atoms with Crippen LogP contribution in [0.4, 0.5) is 0 Å². The van der Waals surface area contributed by atoms with Crippen LogP contribution in [0.3, 0.4) is 0 Å². The molecule has 3 rings (SSSR count). The van der Waals surface area contributed by atoms with E-state index < -0.39 is 0 Å². The summed E-state index contributed by atoms with van der Waals surface area (Å²) in [5, 5.41) is 1.27. The van der Waals surface area contributed by atoms with Crippen LogP contribution >= 0.6 is 23.2 Å². The highest BCUT2D eigenvalue weighted by molar-refractivity contribution is 6.36. The van der Waals surface area contributed by atoms with Gasteiger partial charge in [0.05, 0.1) is 0 Å². The Morgan fingerprint density at radius 3 is 2.00 bits per heavy atom. The molecule has 0 saturated heterocycles. The molecule has 0 spiro atoms. The van der Waals surface area contributed by atoms with Gasteiger partial charge >= 0.3 is 0 Å². The fourth-order valence-corrected chi connectivity index (χ4v) is 2.57. The first kappa shape index (κ1) is 14.0. The van der Waals surface area contributed by atoms with E-state index in [2.05, 4.69) is 0 Å². The maximum atomic E-state index is 6.22. The van der Waals surface area contributed by atoms with Crippen LogP contribution in [-0.4, -0.2) is 0 Å². The van der Waals surface area contributed by atoms with Crippen LogP contribution in [0.5, 0.6) is 11.5 Å². The Balaban J connectivity index is 1.84. The van der Waals surface area contributed by atoms with E-state index in [-0.39, 0.29) is 0 Å². The summed E-state index contributed by atoms with van der Waals surface area (Å²) in [7, 11) is 0. The summed E-state index contributed by atoms with van der Waals surface area (Å²) < 4.78 is 5.76. The lowest BCUT2D eigenvalue weighted by atomic mass is 10.1. The molecule has 0 aliphatic heterocycles. The quantitative estimate of drug-likeness (QED) is 0.539. The van der Waals surface area contributed by atoms with Gasteiger partial charge in [0.2, 0.25) is 0 Å². The Bertz CT molecular complexity index is 737. The normalized spacial score (nSPS) is 10.4. The Kier molecular flexibility index (Phi) is 4.14. The van der Waals surface area contributed by atoms with E-state index in [4.69, 9.17) is 27.9 Å². The molecule has 0 N–H and O–H groups in total. The highest BCUT2D eigenvalue weighted by atomic mass is 35.5. The van der Waals surface area contributed by atoms with Gasteiger partial charge in [-0.3, -0.25) is 0 Å². The zero-order chi connectivity index (χ0) is 14.7. The molecule has 0 fully saturated rings. The molecule has 0 aliphatic rings. The van der Waals surface area contributed by atoms with E-state index >= 15 is 0 Å². The van der Waals surface area contributed by atoms with Gasteiger partial charge in [0.25, 0.3) is 0 Å². The van der Waals surface area contributed by atoms with Crippen molar-refractivity contribution in [3.8, 4) is 22.6 Å². The first-order valence-corrected chi connectivity index (χ1v) is 7.26. The Morgan fingerprint density at radius 1 is 0.667 bits per heavy atom. The second-order valence-corrected chi connectivity index (χ2v) is 5.41. The number of hydrogen-bond donors (Lipinski definition) is 0. The molecular weight excluding hydrogens is 303 g/mol. The van der Waals surface area contributed by atoms with Crippen molar-refractivity contribution in [3.05, 3.63) is 82.8 Å². The molecule has 3 heteroatoms. The summed E-state index contributed by atoms with van der Waals surface area (Å²) in [4.78, 5) is 0. The number of benzene rings is 3. The average Bonchev–Trinajstić information content (AvgIpc) is 2.49. The van der Waals surface area contributed by atoms with Gasteiger partial charge in [0, 0.05) is 15.6 Å². The average molecular weight is 315 g/mol. The van der Waals surface area contributed by atoms with Gasteiger partial charge in [-0.1, -0.05) is 59.6 Å². The number of hydrogen-bond acceptors (Lipinski definition) is 1. The molecule has 0 aliphatic carbocycles. The molecule has 0 amide bonds. The van der Waals surface area contributed by atoms with Gasteiger partial charge in [0.15, 0.2) is 0 Å². The largest absolute Gasteiger partial charge is 0.457 e. The number of rotatable bonds is 3. The molecule has 0 unspecified atom stereocenters. The van der Waals surface area contributed by atoms with Crippen molar-refractivity contribution in [2.45, 2.75) is 0 Å². The molecule has 0 atom stereocenters. The Hall–Kier alpha value is -1.96. The first-order valence-electron chi connectivity index (χ1n) is 6.51. The number of halogens is 2. The second-order valence-electron chi connectivity index (χ2n) is 4.56. The van der Waals surface area contributed by atoms with Crippen molar-refractivity contribution in [2.24, 2.45) is 0 Å². The fourth-order valence-electron chi connectivity index (χ4n) is 2.05. The van der Waals surface area contributed by atoms with Crippen molar-refractivity contribution in [1.82, 2.24) is 0 Å². The third-order valence-corrected chi connectivity index (χ3v) is 3.62. The lowest BCUT2D eigenvalue weighted by Gasteiger charge is -2.08. The minimum atomic E-state index is 0.632. The fraction of sp³-hybridized carbons (Fsp3) is 0. The summed E-state index contributed by atoms with van der Waals surface area (Å²) in [6.07, 6.45) is 0. The van der Waals surface area contributed by atoms with Crippen molar-refractivity contribution in [2.75, 3.05) is 0 Å². The molecule has 3 aromatic carbocycles. The van der Waals surface area contributed by atoms with Crippen LogP contribution in [0.15, 0.2) is 72.8 Å². The van der Waals surface area contributed by atoms with Gasteiger partial charge < -0.3 is 4.74 Å². The molecule has 0 radical (unpaired) electrons. The van der Waals surface area contributed by atoms with Gasteiger partial charge in [-0.05, 0) is 42.0 Å². The minimum absolute atomic E-state index is 0.632. The van der Waals surface area contributed by atoms with Crippen molar-refractivity contribution >= 4 is 23.2 Å². The molecule has 0 bridgehead atoms. The zero-order valence-electron chi connectivity index (χ0n) is 11.1. The van der Waals surface area contributed by atoms with Gasteiger partial charge in [-0.15, -0.1) is 0 Å². The maximum absolute atomic E-state index is 6.22. The number of ether oxygens (including phenoxy) is 1. The summed E-state index contributed by atoms with van der Waals surface area (Å²) in [5.41, 5.74) is 1.98. The summed E-state index contributed by atoms with van der Waals surface area (Å²) >= 11 is 12.1. The van der Waals surface area contributed by atoms with E-state index in [0.29, 0.717) is 10.0 Å². The molecule has 21 heavy (non-hydrogen) atoms. The SMILES string of the molecule is Clc1ccc(-c2ccc(Oc3ccccc3)cc2)c(Cl)c1. The molecular formula is C18H12Cl2O. The zero-order valence-corrected chi connectivity index (χ0v) is 12.6. The standard InChI is InChI=1S/C18H12Cl2O/c19-14-8-11-17(18(20)12-14)13-6-9-16(10-7-13)21-15-4-2-1-3-5-15/h1-12H. The predicted molar refractivity (Wildman–Crippen MR) is 88.4 cm³/mol. The van der Waals surface area contributed by atoms with Crippen molar-refractivity contribution in [3.63, 3.8) is 0 Å². The molecule has 0 aromatic heterocycles.